The number of nitrogens with two attached hydrogens (primary N) is 5. The van der Waals surface area contributed by atoms with Gasteiger partial charge in [0.05, 0.1) is 6.04 Å². The van der Waals surface area contributed by atoms with Gasteiger partial charge < -0.3 is 70.2 Å². The molecule has 0 rings (SSSR count). The Hall–Kier alpha value is -5.28. The molecule has 65 heavy (non-hydrogen) atoms. The van der Waals surface area contributed by atoms with Gasteiger partial charge in [0, 0.05) is 0 Å². The molecule has 0 aromatic rings. The predicted molar refractivity (Wildman–Crippen MR) is 198 cm³/mol. The summed E-state index contributed by atoms with van der Waals surface area (Å²) in [6.45, 7) is 1.78. The number of carboxylic acid groups (broad SMARTS) is 5. The van der Waals surface area contributed by atoms with Gasteiger partial charge in [-0.1, -0.05) is 6.42 Å². The number of alkyl halides is 12. The van der Waals surface area contributed by atoms with Crippen molar-refractivity contribution in [3.05, 3.63) is 0 Å². The third-order valence-electron chi connectivity index (χ3n) is 7.00. The number of hydrogen-bond acceptors (Lipinski definition) is 13. The Balaban J connectivity index is -0.000000340. The molecular formula is C32H54F12N8O13. The Morgan fingerprint density at radius 3 is 0.785 bits per heavy atom. The van der Waals surface area contributed by atoms with E-state index in [2.05, 4.69) is 16.0 Å². The number of carbonyl (C=O) groups is 8. The van der Waals surface area contributed by atoms with Gasteiger partial charge >= 0.3 is 54.6 Å². The average Bonchev–Trinajstić information content (AvgIpc) is 3.16. The molecule has 21 nitrogen and oxygen atoms in total. The lowest BCUT2D eigenvalue weighted by atomic mass is 10.0. The lowest BCUT2D eigenvalue weighted by Gasteiger charge is -2.25. The van der Waals surface area contributed by atoms with E-state index in [1.54, 1.807) is 0 Å². The summed E-state index contributed by atoms with van der Waals surface area (Å²) in [6, 6.07) is -3.78. The molecule has 0 heterocycles. The molecule has 0 aliphatic rings. The van der Waals surface area contributed by atoms with Crippen LogP contribution in [-0.2, 0) is 38.4 Å². The first-order chi connectivity index (χ1) is 29.5. The number of carboxylic acids is 5. The van der Waals surface area contributed by atoms with E-state index < -0.39 is 96.4 Å². The van der Waals surface area contributed by atoms with Gasteiger partial charge in [0.2, 0.25) is 17.7 Å². The minimum Gasteiger partial charge on any atom is -0.480 e. The minimum atomic E-state index is -5.08. The Labute approximate surface area is 361 Å². The van der Waals surface area contributed by atoms with Crippen LogP contribution in [0.3, 0.4) is 0 Å². The van der Waals surface area contributed by atoms with E-state index in [1.165, 1.54) is 0 Å². The second kappa shape index (κ2) is 36.0. The Kier molecular flexibility index (Phi) is 38.1. The standard InChI is InChI=1S/C24H50N8O5.4C2HF3O2/c25-13-5-1-9-17(29)21(33)30-18(10-2-6-14-26)22(34)31-19(11-3-7-15-27)23(35)32-20(24(36)37)12-4-8-16-28;4*3-2(4,5)1(6)7/h17-20H,1-16,25-29H2,(H,30,33)(H,31,34)(H,32,35)(H,36,37);4*(H,6,7)/t17-,18-,19-,20-;;;;/m0..../s1. The Morgan fingerprint density at radius 2 is 0.569 bits per heavy atom. The van der Waals surface area contributed by atoms with Gasteiger partial charge in [-0.05, 0) is 96.8 Å². The van der Waals surface area contributed by atoms with Crippen LogP contribution in [-0.4, -0.2) is 148 Å². The Bertz CT molecular complexity index is 1330. The van der Waals surface area contributed by atoms with Crippen LogP contribution in [0.2, 0.25) is 0 Å². The summed E-state index contributed by atoms with van der Waals surface area (Å²) in [7, 11) is 0. The number of rotatable bonds is 23. The second-order valence-electron chi connectivity index (χ2n) is 12.5. The van der Waals surface area contributed by atoms with E-state index in [-0.39, 0.29) is 12.8 Å². The van der Waals surface area contributed by atoms with Crippen LogP contribution < -0.4 is 44.6 Å². The SMILES string of the molecule is NCCCC[C@H](NC(=O)[C@H](CCCCN)NC(=O)[C@H](CCCCN)NC(=O)[C@@H](N)CCCCN)C(=O)O.O=C(O)C(F)(F)F.O=C(O)C(F)(F)F.O=C(O)C(F)(F)F.O=C(O)C(F)(F)F. The third kappa shape index (κ3) is 42.4. The van der Waals surface area contributed by atoms with Crippen molar-refractivity contribution in [3.8, 4) is 0 Å². The number of unbranched alkanes of at least 4 members (excludes halogenated alkanes) is 4. The quantitative estimate of drug-likeness (QED) is 0.0499. The minimum absolute atomic E-state index is 0.224. The molecule has 0 saturated heterocycles. The third-order valence-corrected chi connectivity index (χ3v) is 7.00. The van der Waals surface area contributed by atoms with E-state index in [4.69, 9.17) is 68.3 Å². The molecular weight excluding hydrogens is 932 g/mol. The zero-order chi connectivity index (χ0) is 52.4. The van der Waals surface area contributed by atoms with Crippen molar-refractivity contribution in [2.24, 2.45) is 28.7 Å². The van der Waals surface area contributed by atoms with Crippen LogP contribution in [0.5, 0.6) is 0 Å². The van der Waals surface area contributed by atoms with Gasteiger partial charge in [0.15, 0.2) is 0 Å². The van der Waals surface area contributed by atoms with Crippen molar-refractivity contribution >= 4 is 47.6 Å². The summed E-state index contributed by atoms with van der Waals surface area (Å²) in [5, 5.41) is 45.9. The largest absolute Gasteiger partial charge is 0.490 e. The topological polar surface area (TPSA) is 404 Å². The zero-order valence-corrected chi connectivity index (χ0v) is 34.0. The van der Waals surface area contributed by atoms with Crippen molar-refractivity contribution in [1.82, 2.24) is 16.0 Å². The van der Waals surface area contributed by atoms with Crippen molar-refractivity contribution in [2.75, 3.05) is 26.2 Å². The number of nitrogens with one attached hydrogen (secondary N) is 3. The number of carbonyl (C=O) groups excluding carboxylic acids is 3. The van der Waals surface area contributed by atoms with Crippen molar-refractivity contribution < 1.29 is 117 Å². The molecule has 3 amide bonds. The Morgan fingerprint density at radius 1 is 0.369 bits per heavy atom. The molecule has 0 radical (unpaired) electrons. The summed E-state index contributed by atoms with van der Waals surface area (Å²) in [5.74, 6) is -13.8. The first-order valence-electron chi connectivity index (χ1n) is 18.4. The van der Waals surface area contributed by atoms with Crippen LogP contribution in [0.4, 0.5) is 52.7 Å². The van der Waals surface area contributed by atoms with Gasteiger partial charge in [-0.3, -0.25) is 14.4 Å². The molecule has 0 aliphatic carbocycles. The summed E-state index contributed by atoms with van der Waals surface area (Å²) in [4.78, 5) is 86.0. The monoisotopic (exact) mass is 986 g/mol. The molecule has 33 heteroatoms. The number of halogens is 12. The van der Waals surface area contributed by atoms with Gasteiger partial charge in [0.25, 0.3) is 0 Å². The fourth-order valence-corrected chi connectivity index (χ4v) is 3.74. The van der Waals surface area contributed by atoms with Crippen LogP contribution in [0.25, 0.3) is 0 Å². The second-order valence-corrected chi connectivity index (χ2v) is 12.5. The first kappa shape index (κ1) is 68.8. The fraction of sp³-hybridized carbons (Fsp3) is 0.750. The highest BCUT2D eigenvalue weighted by atomic mass is 19.4. The number of hydrogen-bond donors (Lipinski definition) is 13. The lowest BCUT2D eigenvalue weighted by molar-refractivity contribution is -0.193. The molecule has 384 valence electrons. The molecule has 0 aromatic carbocycles. The zero-order valence-electron chi connectivity index (χ0n) is 34.0. The van der Waals surface area contributed by atoms with Crippen molar-refractivity contribution in [1.29, 1.82) is 0 Å². The number of aliphatic carboxylic acids is 5. The molecule has 0 bridgehead atoms. The van der Waals surface area contributed by atoms with Crippen LogP contribution >= 0.6 is 0 Å². The molecule has 0 aliphatic heterocycles. The van der Waals surface area contributed by atoms with E-state index >= 15 is 0 Å². The molecule has 0 aromatic heterocycles. The van der Waals surface area contributed by atoms with Gasteiger partial charge in [-0.2, -0.15) is 52.7 Å². The summed E-state index contributed by atoms with van der Waals surface area (Å²) >= 11 is 0. The van der Waals surface area contributed by atoms with Crippen LogP contribution in [0.15, 0.2) is 0 Å². The molecule has 0 spiro atoms. The van der Waals surface area contributed by atoms with E-state index in [9.17, 15) is 77.0 Å². The molecule has 0 fully saturated rings. The van der Waals surface area contributed by atoms with Crippen molar-refractivity contribution in [2.45, 2.75) is 126 Å². The fourth-order valence-electron chi connectivity index (χ4n) is 3.74. The van der Waals surface area contributed by atoms with Gasteiger partial charge in [-0.25, -0.2) is 24.0 Å². The first-order valence-corrected chi connectivity index (χ1v) is 18.4. The maximum atomic E-state index is 13.2. The van der Waals surface area contributed by atoms with E-state index in [1.807, 2.05) is 0 Å². The normalized spacial score (nSPS) is 13.0. The highest BCUT2D eigenvalue weighted by Crippen LogP contribution is 2.15. The van der Waals surface area contributed by atoms with E-state index in [0.717, 1.165) is 6.42 Å². The summed E-state index contributed by atoms with van der Waals surface area (Å²) in [5.41, 5.74) is 28.1. The number of amides is 3. The van der Waals surface area contributed by atoms with Crippen molar-refractivity contribution in [3.63, 3.8) is 0 Å². The lowest BCUT2D eigenvalue weighted by Crippen LogP contribution is -2.57. The highest BCUT2D eigenvalue weighted by molar-refractivity contribution is 5.94. The van der Waals surface area contributed by atoms with E-state index in [0.29, 0.717) is 84.0 Å². The summed E-state index contributed by atoms with van der Waals surface area (Å²) < 4.78 is 127. The maximum absolute atomic E-state index is 13.2. The smallest absolute Gasteiger partial charge is 0.480 e. The maximum Gasteiger partial charge on any atom is 0.490 e. The summed E-state index contributed by atoms with van der Waals surface area (Å²) in [6.07, 6.45) is -14.1. The molecule has 0 saturated carbocycles. The van der Waals surface area contributed by atoms with Gasteiger partial charge in [0.1, 0.15) is 18.1 Å². The molecule has 0 unspecified atom stereocenters. The average molecular weight is 987 g/mol. The van der Waals surface area contributed by atoms with Crippen LogP contribution in [0.1, 0.15) is 77.0 Å². The predicted octanol–water partition coefficient (Wildman–Crippen LogP) is 0.902. The van der Waals surface area contributed by atoms with Gasteiger partial charge in [-0.15, -0.1) is 0 Å². The van der Waals surface area contributed by atoms with Crippen LogP contribution in [0, 0.1) is 0 Å². The molecule has 18 N–H and O–H groups in total. The molecule has 4 atom stereocenters. The highest BCUT2D eigenvalue weighted by Gasteiger charge is 2.40.